The van der Waals surface area contributed by atoms with Crippen molar-refractivity contribution < 1.29 is 23.8 Å². The maximum atomic E-state index is 12.2. The fourth-order valence-corrected chi connectivity index (χ4v) is 2.76. The van der Waals surface area contributed by atoms with Crippen molar-refractivity contribution in [2.45, 2.75) is 0 Å². The third-order valence-electron chi connectivity index (χ3n) is 3.59. The summed E-state index contributed by atoms with van der Waals surface area (Å²) in [6.45, 7) is 0. The van der Waals surface area contributed by atoms with E-state index in [1.54, 1.807) is 0 Å². The van der Waals surface area contributed by atoms with E-state index in [2.05, 4.69) is 0 Å². The summed E-state index contributed by atoms with van der Waals surface area (Å²) in [5.41, 5.74) is -1.40. The molecule has 110 valence electrons. The molecule has 0 unspecified atom stereocenters. The fourth-order valence-electron chi connectivity index (χ4n) is 2.76. The number of ether oxygens (including phenoxy) is 1. The molecular formula is C15H8O7. The minimum atomic E-state index is -0.772. The zero-order valence-corrected chi connectivity index (χ0v) is 11.2. The van der Waals surface area contributed by atoms with E-state index >= 15 is 0 Å². The number of phenols is 2. The molecule has 4 aromatic rings. The molecule has 0 aliphatic heterocycles. The van der Waals surface area contributed by atoms with Crippen LogP contribution in [-0.2, 0) is 0 Å². The number of rotatable bonds is 1. The summed E-state index contributed by atoms with van der Waals surface area (Å²) in [6.07, 6.45) is 0. The van der Waals surface area contributed by atoms with Gasteiger partial charge in [-0.25, -0.2) is 9.59 Å². The highest BCUT2D eigenvalue weighted by Crippen LogP contribution is 2.41. The van der Waals surface area contributed by atoms with Gasteiger partial charge in [0.2, 0.25) is 0 Å². The summed E-state index contributed by atoms with van der Waals surface area (Å²) in [7, 11) is 1.30. The van der Waals surface area contributed by atoms with Crippen LogP contribution in [0.5, 0.6) is 17.2 Å². The second-order valence-corrected chi connectivity index (χ2v) is 4.82. The minimum Gasteiger partial charge on any atom is -0.508 e. The maximum absolute atomic E-state index is 12.2. The van der Waals surface area contributed by atoms with Crippen molar-refractivity contribution in [3.63, 3.8) is 0 Å². The first kappa shape index (κ1) is 12.5. The number of hydrogen-bond donors (Lipinski definition) is 2. The van der Waals surface area contributed by atoms with Crippen molar-refractivity contribution in [1.29, 1.82) is 0 Å². The molecule has 2 N–H and O–H groups in total. The average molecular weight is 300 g/mol. The van der Waals surface area contributed by atoms with Crippen LogP contribution in [0.25, 0.3) is 32.7 Å². The average Bonchev–Trinajstić information content (AvgIpc) is 2.45. The smallest absolute Gasteiger partial charge is 0.348 e. The summed E-state index contributed by atoms with van der Waals surface area (Å²) in [5, 5.41) is 20.3. The topological polar surface area (TPSA) is 110 Å². The van der Waals surface area contributed by atoms with Crippen LogP contribution in [0.15, 0.2) is 36.6 Å². The largest absolute Gasteiger partial charge is 0.508 e. The van der Waals surface area contributed by atoms with Gasteiger partial charge in [0, 0.05) is 22.9 Å². The maximum Gasteiger partial charge on any atom is 0.348 e. The molecule has 22 heavy (non-hydrogen) atoms. The quantitative estimate of drug-likeness (QED) is 0.408. The molecule has 0 atom stereocenters. The third-order valence-corrected chi connectivity index (χ3v) is 3.59. The lowest BCUT2D eigenvalue weighted by atomic mass is 10.0. The standard InChI is InChI=1S/C15H8O7/c1-20-13-7(17)4-9-11-10-6(14(18)21-9)2-5(16)3-8(10)22-15(19)12(11)13/h2-4,16-17H,1H3. The molecule has 4 rings (SSSR count). The van der Waals surface area contributed by atoms with Gasteiger partial charge in [0.1, 0.15) is 22.3 Å². The van der Waals surface area contributed by atoms with Crippen molar-refractivity contribution in [1.82, 2.24) is 0 Å². The molecule has 0 spiro atoms. The molecular weight excluding hydrogens is 292 g/mol. The van der Waals surface area contributed by atoms with Gasteiger partial charge in [0.15, 0.2) is 11.5 Å². The van der Waals surface area contributed by atoms with Gasteiger partial charge in [0.05, 0.1) is 12.5 Å². The van der Waals surface area contributed by atoms with E-state index in [1.165, 1.54) is 25.3 Å². The van der Waals surface area contributed by atoms with Gasteiger partial charge < -0.3 is 23.8 Å². The third kappa shape index (κ3) is 1.39. The molecule has 7 heteroatoms. The van der Waals surface area contributed by atoms with Gasteiger partial charge in [-0.1, -0.05) is 0 Å². The SMILES string of the molecule is COc1c(O)cc2oc(=O)c3cc(O)cc4oc(=O)c1c2c43. The predicted octanol–water partition coefficient (Wildman–Crippen LogP) is 1.91. The monoisotopic (exact) mass is 300 g/mol. The Labute approximate surface area is 120 Å². The molecule has 7 nitrogen and oxygen atoms in total. The summed E-state index contributed by atoms with van der Waals surface area (Å²) in [6, 6.07) is 3.67. The Balaban J connectivity index is 2.50. The second kappa shape index (κ2) is 3.91. The first-order chi connectivity index (χ1) is 10.5. The van der Waals surface area contributed by atoms with E-state index in [-0.39, 0.29) is 39.2 Å². The molecule has 0 fully saturated rings. The van der Waals surface area contributed by atoms with Crippen LogP contribution in [-0.4, -0.2) is 17.3 Å². The Hall–Kier alpha value is -3.22. The molecule has 2 heterocycles. The molecule has 2 aromatic carbocycles. The summed E-state index contributed by atoms with van der Waals surface area (Å²) in [5.74, 6) is -0.630. The summed E-state index contributed by atoms with van der Waals surface area (Å²) < 4.78 is 15.4. The fraction of sp³-hybridized carbons (Fsp3) is 0.0667. The lowest BCUT2D eigenvalue weighted by molar-refractivity contribution is 0.376. The predicted molar refractivity (Wildman–Crippen MR) is 77.1 cm³/mol. The Morgan fingerprint density at radius 1 is 0.909 bits per heavy atom. The number of hydrogen-bond acceptors (Lipinski definition) is 7. The highest BCUT2D eigenvalue weighted by Gasteiger charge is 2.23. The van der Waals surface area contributed by atoms with Gasteiger partial charge in [-0.3, -0.25) is 0 Å². The van der Waals surface area contributed by atoms with Gasteiger partial charge in [-0.15, -0.1) is 0 Å². The highest BCUT2D eigenvalue weighted by molar-refractivity contribution is 6.21. The molecule has 0 amide bonds. The normalized spacial score (nSPS) is 11.7. The number of aromatic hydroxyl groups is 2. The van der Waals surface area contributed by atoms with Crippen molar-refractivity contribution >= 4 is 32.7 Å². The molecule has 0 radical (unpaired) electrons. The Morgan fingerprint density at radius 3 is 2.32 bits per heavy atom. The first-order valence-electron chi connectivity index (χ1n) is 6.27. The molecule has 0 aliphatic rings. The van der Waals surface area contributed by atoms with E-state index in [1.807, 2.05) is 0 Å². The van der Waals surface area contributed by atoms with Crippen molar-refractivity contribution in [3.05, 3.63) is 39.0 Å². The van der Waals surface area contributed by atoms with Crippen LogP contribution < -0.4 is 16.0 Å². The number of benzene rings is 2. The number of phenolic OH excluding ortho intramolecular Hbond substituents is 2. The van der Waals surface area contributed by atoms with E-state index in [0.29, 0.717) is 10.8 Å². The highest BCUT2D eigenvalue weighted by atomic mass is 16.5. The lowest BCUT2D eigenvalue weighted by Gasteiger charge is -2.11. The zero-order chi connectivity index (χ0) is 15.6. The molecule has 2 aromatic heterocycles. The van der Waals surface area contributed by atoms with E-state index in [9.17, 15) is 19.8 Å². The number of methoxy groups -OCH3 is 1. The van der Waals surface area contributed by atoms with Crippen LogP contribution in [0.3, 0.4) is 0 Å². The zero-order valence-electron chi connectivity index (χ0n) is 11.2. The lowest BCUT2D eigenvalue weighted by Crippen LogP contribution is -2.07. The van der Waals surface area contributed by atoms with Gasteiger partial charge in [0.25, 0.3) is 0 Å². The Morgan fingerprint density at radius 2 is 1.59 bits per heavy atom. The van der Waals surface area contributed by atoms with Gasteiger partial charge in [-0.2, -0.15) is 0 Å². The van der Waals surface area contributed by atoms with Gasteiger partial charge in [-0.05, 0) is 6.07 Å². The van der Waals surface area contributed by atoms with Gasteiger partial charge >= 0.3 is 11.3 Å². The van der Waals surface area contributed by atoms with Crippen LogP contribution in [0.2, 0.25) is 0 Å². The first-order valence-corrected chi connectivity index (χ1v) is 6.27. The Kier molecular flexibility index (Phi) is 2.22. The minimum absolute atomic E-state index is 0.0237. The van der Waals surface area contributed by atoms with E-state index in [0.717, 1.165) is 0 Å². The Bertz CT molecular complexity index is 1170. The second-order valence-electron chi connectivity index (χ2n) is 4.82. The van der Waals surface area contributed by atoms with E-state index < -0.39 is 11.3 Å². The molecule has 0 saturated carbocycles. The molecule has 0 bridgehead atoms. The molecule has 0 saturated heterocycles. The van der Waals surface area contributed by atoms with Crippen molar-refractivity contribution in [3.8, 4) is 17.2 Å². The van der Waals surface area contributed by atoms with Crippen LogP contribution in [0.4, 0.5) is 0 Å². The summed E-state index contributed by atoms with van der Waals surface area (Å²) in [4.78, 5) is 24.3. The summed E-state index contributed by atoms with van der Waals surface area (Å²) >= 11 is 0. The van der Waals surface area contributed by atoms with Crippen molar-refractivity contribution in [2.24, 2.45) is 0 Å². The van der Waals surface area contributed by atoms with Crippen molar-refractivity contribution in [2.75, 3.05) is 7.11 Å². The molecule has 0 aliphatic carbocycles. The van der Waals surface area contributed by atoms with Crippen LogP contribution >= 0.6 is 0 Å². The van der Waals surface area contributed by atoms with Crippen LogP contribution in [0, 0.1) is 0 Å². The van der Waals surface area contributed by atoms with Crippen LogP contribution in [0.1, 0.15) is 0 Å². The van der Waals surface area contributed by atoms with E-state index in [4.69, 9.17) is 13.6 Å².